The van der Waals surface area contributed by atoms with Gasteiger partial charge >= 0.3 is 0 Å². The first-order valence-electron chi connectivity index (χ1n) is 5.82. The molecular formula is C14H20. The van der Waals surface area contributed by atoms with Gasteiger partial charge in [0.25, 0.3) is 0 Å². The molecule has 0 atom stereocenters. The lowest BCUT2D eigenvalue weighted by Crippen LogP contribution is -2.30. The third kappa shape index (κ3) is 1.20. The minimum Gasteiger partial charge on any atom is -0.0645 e. The predicted molar refractivity (Wildman–Crippen MR) is 61.8 cm³/mol. The predicted octanol–water partition coefficient (Wildman–Crippen LogP) is 4.00. The summed E-state index contributed by atoms with van der Waals surface area (Å²) in [7, 11) is 0. The summed E-state index contributed by atoms with van der Waals surface area (Å²) in [6, 6.07) is 6.86. The molecule has 0 nitrogen and oxygen atoms in total. The fourth-order valence-corrected chi connectivity index (χ4v) is 3.02. The molecule has 0 aromatic heterocycles. The average Bonchev–Trinajstić information content (AvgIpc) is 2.19. The van der Waals surface area contributed by atoms with E-state index in [1.165, 1.54) is 25.7 Å². The first kappa shape index (κ1) is 9.76. The normalized spacial score (nSPS) is 18.2. The van der Waals surface area contributed by atoms with Crippen molar-refractivity contribution in [1.82, 2.24) is 0 Å². The van der Waals surface area contributed by atoms with E-state index >= 15 is 0 Å². The van der Waals surface area contributed by atoms with E-state index in [0.717, 1.165) is 0 Å². The molecule has 0 heteroatoms. The summed E-state index contributed by atoms with van der Waals surface area (Å²) in [5.74, 6) is 0. The van der Waals surface area contributed by atoms with Crippen LogP contribution in [0.4, 0.5) is 0 Å². The van der Waals surface area contributed by atoms with Crippen LogP contribution in [0, 0.1) is 6.92 Å². The monoisotopic (exact) mass is 188 g/mol. The zero-order valence-electron chi connectivity index (χ0n) is 9.56. The Morgan fingerprint density at radius 2 is 1.93 bits per heavy atom. The summed E-state index contributed by atoms with van der Waals surface area (Å²) < 4.78 is 0. The Labute approximate surface area is 87.3 Å². The number of aryl methyl sites for hydroxylation is 1. The van der Waals surface area contributed by atoms with Gasteiger partial charge in [0.05, 0.1) is 0 Å². The molecule has 1 aromatic rings. The molecule has 14 heavy (non-hydrogen) atoms. The standard InChI is InChI=1S/C14H20/c1-4-14(5-2)10-9-12-7-6-8-13(14)11(12)3/h6-8H,4-5,9-10H2,1-3H3. The molecule has 0 spiro atoms. The van der Waals surface area contributed by atoms with E-state index in [4.69, 9.17) is 0 Å². The molecule has 0 amide bonds. The number of rotatable bonds is 2. The largest absolute Gasteiger partial charge is 0.0645 e. The van der Waals surface area contributed by atoms with Crippen molar-refractivity contribution in [3.63, 3.8) is 0 Å². The molecule has 2 bridgehead atoms. The summed E-state index contributed by atoms with van der Waals surface area (Å²) in [4.78, 5) is 0. The van der Waals surface area contributed by atoms with Crippen LogP contribution < -0.4 is 0 Å². The topological polar surface area (TPSA) is 0 Å². The van der Waals surface area contributed by atoms with E-state index in [0.29, 0.717) is 5.41 Å². The molecule has 0 saturated heterocycles. The first-order valence-corrected chi connectivity index (χ1v) is 5.82. The van der Waals surface area contributed by atoms with E-state index < -0.39 is 0 Å². The lowest BCUT2D eigenvalue weighted by molar-refractivity contribution is 0.353. The maximum absolute atomic E-state index is 2.34. The molecule has 0 radical (unpaired) electrons. The van der Waals surface area contributed by atoms with Crippen LogP contribution in [-0.2, 0) is 11.8 Å². The molecule has 0 saturated carbocycles. The summed E-state index contributed by atoms with van der Waals surface area (Å²) in [6.07, 6.45) is 5.20. The molecule has 2 rings (SSSR count). The Morgan fingerprint density at radius 1 is 1.21 bits per heavy atom. The Balaban J connectivity index is 2.56. The van der Waals surface area contributed by atoms with Crippen LogP contribution in [0.2, 0.25) is 0 Å². The molecule has 0 N–H and O–H groups in total. The second-order valence-electron chi connectivity index (χ2n) is 4.58. The smallest absolute Gasteiger partial charge is 0.00463 e. The summed E-state index contributed by atoms with van der Waals surface area (Å²) in [5, 5.41) is 0. The van der Waals surface area contributed by atoms with Gasteiger partial charge in [-0.2, -0.15) is 0 Å². The highest BCUT2D eigenvalue weighted by atomic mass is 14.4. The van der Waals surface area contributed by atoms with Crippen molar-refractivity contribution < 1.29 is 0 Å². The lowest BCUT2D eigenvalue weighted by atomic mass is 9.66. The Bertz CT molecular complexity index is 332. The zero-order chi connectivity index (χ0) is 10.2. The number of benzene rings is 1. The van der Waals surface area contributed by atoms with Crippen LogP contribution >= 0.6 is 0 Å². The van der Waals surface area contributed by atoms with Gasteiger partial charge in [-0.05, 0) is 54.7 Å². The quantitative estimate of drug-likeness (QED) is 0.658. The molecule has 1 aliphatic carbocycles. The van der Waals surface area contributed by atoms with Crippen molar-refractivity contribution in [3.8, 4) is 0 Å². The number of fused-ring (bicyclic) bond motifs is 2. The Hall–Kier alpha value is -0.780. The highest BCUT2D eigenvalue weighted by molar-refractivity contribution is 5.42. The molecule has 0 unspecified atom stereocenters. The molecule has 1 aliphatic rings. The Morgan fingerprint density at radius 3 is 2.57 bits per heavy atom. The van der Waals surface area contributed by atoms with Gasteiger partial charge < -0.3 is 0 Å². The molecule has 0 heterocycles. The number of hydrogen-bond acceptors (Lipinski definition) is 0. The highest BCUT2D eigenvalue weighted by Gasteiger charge is 2.33. The Kier molecular flexibility index (Phi) is 2.38. The van der Waals surface area contributed by atoms with Gasteiger partial charge in [-0.25, -0.2) is 0 Å². The van der Waals surface area contributed by atoms with Crippen LogP contribution in [-0.4, -0.2) is 0 Å². The second-order valence-corrected chi connectivity index (χ2v) is 4.58. The van der Waals surface area contributed by atoms with Crippen LogP contribution in [0.5, 0.6) is 0 Å². The van der Waals surface area contributed by atoms with E-state index in [2.05, 4.69) is 39.0 Å². The summed E-state index contributed by atoms with van der Waals surface area (Å²) in [5.41, 5.74) is 5.23. The third-order valence-electron chi connectivity index (χ3n) is 4.24. The third-order valence-corrected chi connectivity index (χ3v) is 4.24. The molecule has 0 aliphatic heterocycles. The first-order chi connectivity index (χ1) is 6.73. The van der Waals surface area contributed by atoms with E-state index in [1.807, 2.05) is 0 Å². The van der Waals surface area contributed by atoms with Crippen molar-refractivity contribution in [2.75, 3.05) is 0 Å². The fraction of sp³-hybridized carbons (Fsp3) is 0.571. The van der Waals surface area contributed by atoms with Gasteiger partial charge in [0.1, 0.15) is 0 Å². The van der Waals surface area contributed by atoms with Crippen LogP contribution in [0.15, 0.2) is 18.2 Å². The lowest BCUT2D eigenvalue weighted by Gasteiger charge is -2.38. The van der Waals surface area contributed by atoms with E-state index in [-0.39, 0.29) is 0 Å². The summed E-state index contributed by atoms with van der Waals surface area (Å²) >= 11 is 0. The molecular weight excluding hydrogens is 168 g/mol. The van der Waals surface area contributed by atoms with Crippen LogP contribution in [0.1, 0.15) is 49.8 Å². The van der Waals surface area contributed by atoms with Crippen molar-refractivity contribution in [2.45, 2.75) is 51.9 Å². The van der Waals surface area contributed by atoms with Crippen LogP contribution in [0.3, 0.4) is 0 Å². The van der Waals surface area contributed by atoms with Crippen molar-refractivity contribution >= 4 is 0 Å². The van der Waals surface area contributed by atoms with Gasteiger partial charge in [0.15, 0.2) is 0 Å². The highest BCUT2D eigenvalue weighted by Crippen LogP contribution is 2.42. The zero-order valence-corrected chi connectivity index (χ0v) is 9.56. The van der Waals surface area contributed by atoms with Gasteiger partial charge in [-0.1, -0.05) is 32.0 Å². The summed E-state index contributed by atoms with van der Waals surface area (Å²) in [6.45, 7) is 6.96. The SMILES string of the molecule is CCC1(CC)CCc2cccc1c2C. The second kappa shape index (κ2) is 3.42. The van der Waals surface area contributed by atoms with Gasteiger partial charge in [-0.3, -0.25) is 0 Å². The van der Waals surface area contributed by atoms with Crippen molar-refractivity contribution in [3.05, 3.63) is 34.9 Å². The van der Waals surface area contributed by atoms with Gasteiger partial charge in [-0.15, -0.1) is 0 Å². The van der Waals surface area contributed by atoms with Crippen LogP contribution in [0.25, 0.3) is 0 Å². The number of hydrogen-bond donors (Lipinski definition) is 0. The van der Waals surface area contributed by atoms with Crippen molar-refractivity contribution in [2.24, 2.45) is 0 Å². The molecule has 1 aromatic carbocycles. The minimum atomic E-state index is 0.484. The van der Waals surface area contributed by atoms with E-state index in [1.54, 1.807) is 16.7 Å². The fourth-order valence-electron chi connectivity index (χ4n) is 3.02. The average molecular weight is 188 g/mol. The van der Waals surface area contributed by atoms with Crippen molar-refractivity contribution in [1.29, 1.82) is 0 Å². The van der Waals surface area contributed by atoms with Gasteiger partial charge in [0, 0.05) is 0 Å². The van der Waals surface area contributed by atoms with Gasteiger partial charge in [0.2, 0.25) is 0 Å². The van der Waals surface area contributed by atoms with E-state index in [9.17, 15) is 0 Å². The maximum Gasteiger partial charge on any atom is -0.00463 e. The maximum atomic E-state index is 2.34. The minimum absolute atomic E-state index is 0.484. The molecule has 0 fully saturated rings. The molecule has 76 valence electrons.